The van der Waals surface area contributed by atoms with Gasteiger partial charge in [0.2, 0.25) is 11.8 Å². The first kappa shape index (κ1) is 19.7. The van der Waals surface area contributed by atoms with Gasteiger partial charge in [-0.25, -0.2) is 4.98 Å². The largest absolute Gasteiger partial charge is 0.416 e. The van der Waals surface area contributed by atoms with E-state index >= 15 is 0 Å². The SMILES string of the molecule is C=CC(=O)NC1CC(C(=O)Nc2cc(-n3cnc(C)c3)cc(C(F)(F)F)c2)C1. The molecule has 3 rings (SSSR count). The number of halogens is 3. The third-order valence-corrected chi connectivity index (χ3v) is 4.56. The van der Waals surface area contributed by atoms with Crippen LogP contribution in [0.5, 0.6) is 0 Å². The van der Waals surface area contributed by atoms with Crippen LogP contribution in [-0.2, 0) is 15.8 Å². The highest BCUT2D eigenvalue weighted by Crippen LogP contribution is 2.34. The van der Waals surface area contributed by atoms with E-state index in [0.29, 0.717) is 18.5 Å². The first-order chi connectivity index (χ1) is 13.2. The molecular weight excluding hydrogens is 373 g/mol. The van der Waals surface area contributed by atoms with Crippen molar-refractivity contribution in [1.82, 2.24) is 14.9 Å². The molecule has 2 aromatic rings. The van der Waals surface area contributed by atoms with E-state index in [4.69, 9.17) is 0 Å². The number of aromatic nitrogens is 2. The maximum Gasteiger partial charge on any atom is 0.416 e. The van der Waals surface area contributed by atoms with E-state index in [-0.39, 0.29) is 35.1 Å². The Bertz CT molecular complexity index is 914. The Labute approximate surface area is 159 Å². The number of anilines is 1. The smallest absolute Gasteiger partial charge is 0.350 e. The number of rotatable bonds is 5. The van der Waals surface area contributed by atoms with Gasteiger partial charge in [0.05, 0.1) is 17.6 Å². The molecule has 1 fully saturated rings. The molecule has 1 saturated carbocycles. The van der Waals surface area contributed by atoms with Crippen LogP contribution >= 0.6 is 0 Å². The van der Waals surface area contributed by atoms with Crippen LogP contribution in [0.15, 0.2) is 43.4 Å². The van der Waals surface area contributed by atoms with Crippen LogP contribution in [0.1, 0.15) is 24.1 Å². The van der Waals surface area contributed by atoms with Crippen molar-refractivity contribution in [3.63, 3.8) is 0 Å². The Morgan fingerprint density at radius 2 is 2.00 bits per heavy atom. The molecule has 0 aliphatic heterocycles. The first-order valence-corrected chi connectivity index (χ1v) is 8.62. The summed E-state index contributed by atoms with van der Waals surface area (Å²) in [7, 11) is 0. The lowest BCUT2D eigenvalue weighted by Crippen LogP contribution is -2.47. The maximum atomic E-state index is 13.3. The Kier molecular flexibility index (Phi) is 5.26. The lowest BCUT2D eigenvalue weighted by atomic mass is 9.79. The summed E-state index contributed by atoms with van der Waals surface area (Å²) < 4.78 is 41.3. The van der Waals surface area contributed by atoms with Crippen LogP contribution in [0, 0.1) is 12.8 Å². The molecule has 1 aromatic heterocycles. The van der Waals surface area contributed by atoms with Gasteiger partial charge >= 0.3 is 6.18 Å². The molecule has 28 heavy (non-hydrogen) atoms. The third-order valence-electron chi connectivity index (χ3n) is 4.56. The number of carbonyl (C=O) groups is 2. The highest BCUT2D eigenvalue weighted by atomic mass is 19.4. The lowest BCUT2D eigenvalue weighted by molar-refractivity contribution is -0.137. The number of carbonyl (C=O) groups excluding carboxylic acids is 2. The van der Waals surface area contributed by atoms with Crippen molar-refractivity contribution in [2.75, 3.05) is 5.32 Å². The Balaban J connectivity index is 1.75. The second-order valence-electron chi connectivity index (χ2n) is 6.76. The molecule has 1 aliphatic rings. The minimum atomic E-state index is -4.55. The average Bonchev–Trinajstić information content (AvgIpc) is 3.02. The van der Waals surface area contributed by atoms with Gasteiger partial charge < -0.3 is 15.2 Å². The molecule has 0 atom stereocenters. The van der Waals surface area contributed by atoms with E-state index in [1.54, 1.807) is 13.1 Å². The standard InChI is InChI=1S/C19H19F3N4O2/c1-3-17(27)24-14-4-12(5-14)18(28)25-15-6-13(19(20,21)22)7-16(8-15)26-9-11(2)23-10-26/h3,6-10,12,14H,1,4-5H2,2H3,(H,24,27)(H,25,28). The van der Waals surface area contributed by atoms with Crippen molar-refractivity contribution in [1.29, 1.82) is 0 Å². The van der Waals surface area contributed by atoms with Gasteiger partial charge in [0, 0.05) is 29.5 Å². The van der Waals surface area contributed by atoms with Crippen LogP contribution in [0.2, 0.25) is 0 Å². The molecule has 0 spiro atoms. The van der Waals surface area contributed by atoms with Gasteiger partial charge in [-0.3, -0.25) is 9.59 Å². The zero-order valence-corrected chi connectivity index (χ0v) is 15.1. The summed E-state index contributed by atoms with van der Waals surface area (Å²) in [4.78, 5) is 27.6. The van der Waals surface area contributed by atoms with Gasteiger partial charge in [0.25, 0.3) is 0 Å². The van der Waals surface area contributed by atoms with Crippen molar-refractivity contribution in [3.8, 4) is 5.69 Å². The number of nitrogens with zero attached hydrogens (tertiary/aromatic N) is 2. The van der Waals surface area contributed by atoms with E-state index in [9.17, 15) is 22.8 Å². The fourth-order valence-electron chi connectivity index (χ4n) is 3.01. The summed E-state index contributed by atoms with van der Waals surface area (Å²) in [6, 6.07) is 3.23. The predicted molar refractivity (Wildman–Crippen MR) is 96.8 cm³/mol. The second kappa shape index (κ2) is 7.49. The molecule has 1 heterocycles. The third kappa shape index (κ3) is 4.41. The topological polar surface area (TPSA) is 76.0 Å². The van der Waals surface area contributed by atoms with Crippen LogP contribution in [-0.4, -0.2) is 27.4 Å². The van der Waals surface area contributed by atoms with E-state index in [1.165, 1.54) is 17.0 Å². The highest BCUT2D eigenvalue weighted by Gasteiger charge is 2.36. The number of alkyl halides is 3. The summed E-state index contributed by atoms with van der Waals surface area (Å²) in [5.41, 5.74) is 0.0941. The van der Waals surface area contributed by atoms with E-state index in [1.807, 2.05) is 0 Å². The normalized spacial score (nSPS) is 18.9. The van der Waals surface area contributed by atoms with Crippen LogP contribution in [0.4, 0.5) is 18.9 Å². The molecule has 148 valence electrons. The minimum Gasteiger partial charge on any atom is -0.350 e. The summed E-state index contributed by atoms with van der Waals surface area (Å²) in [6.07, 6.45) is 0.460. The molecular formula is C19H19F3N4O2. The highest BCUT2D eigenvalue weighted by molar-refractivity contribution is 5.94. The number of benzene rings is 1. The van der Waals surface area contributed by atoms with E-state index in [2.05, 4.69) is 22.2 Å². The monoisotopic (exact) mass is 392 g/mol. The zero-order valence-electron chi connectivity index (χ0n) is 15.1. The summed E-state index contributed by atoms with van der Waals surface area (Å²) in [6.45, 7) is 5.08. The Hall–Kier alpha value is -3.10. The van der Waals surface area contributed by atoms with Gasteiger partial charge in [0.1, 0.15) is 0 Å². The fraction of sp³-hybridized carbons (Fsp3) is 0.316. The molecule has 1 aromatic carbocycles. The quantitative estimate of drug-likeness (QED) is 0.768. The molecule has 1 aliphatic carbocycles. The van der Waals surface area contributed by atoms with Crippen LogP contribution < -0.4 is 10.6 Å². The molecule has 2 N–H and O–H groups in total. The van der Waals surface area contributed by atoms with E-state index in [0.717, 1.165) is 18.2 Å². The summed E-state index contributed by atoms with van der Waals surface area (Å²) in [5, 5.41) is 5.24. The molecule has 2 amide bonds. The molecule has 0 saturated heterocycles. The number of hydrogen-bond acceptors (Lipinski definition) is 3. The summed E-state index contributed by atoms with van der Waals surface area (Å²) >= 11 is 0. The lowest BCUT2D eigenvalue weighted by Gasteiger charge is -2.34. The van der Waals surface area contributed by atoms with Gasteiger partial charge in [-0.05, 0) is 44.0 Å². The zero-order chi connectivity index (χ0) is 20.5. The molecule has 6 nitrogen and oxygen atoms in total. The van der Waals surface area contributed by atoms with Crippen LogP contribution in [0.25, 0.3) is 5.69 Å². The Morgan fingerprint density at radius 3 is 2.57 bits per heavy atom. The predicted octanol–water partition coefficient (Wildman–Crippen LogP) is 3.22. The number of aryl methyl sites for hydroxylation is 1. The molecule has 0 unspecified atom stereocenters. The number of nitrogens with one attached hydrogen (secondary N) is 2. The number of imidazole rings is 1. The van der Waals surface area contributed by atoms with Gasteiger partial charge in [-0.15, -0.1) is 0 Å². The average molecular weight is 392 g/mol. The van der Waals surface area contributed by atoms with Crippen LogP contribution in [0.3, 0.4) is 0 Å². The van der Waals surface area contributed by atoms with E-state index < -0.39 is 11.7 Å². The van der Waals surface area contributed by atoms with Gasteiger partial charge in [-0.1, -0.05) is 6.58 Å². The molecule has 0 radical (unpaired) electrons. The van der Waals surface area contributed by atoms with Crippen molar-refractivity contribution < 1.29 is 22.8 Å². The Morgan fingerprint density at radius 1 is 1.29 bits per heavy atom. The second-order valence-corrected chi connectivity index (χ2v) is 6.76. The maximum absolute atomic E-state index is 13.3. The molecule has 9 heteroatoms. The fourth-order valence-corrected chi connectivity index (χ4v) is 3.01. The summed E-state index contributed by atoms with van der Waals surface area (Å²) in [5.74, 6) is -1.07. The number of hydrogen-bond donors (Lipinski definition) is 2. The molecule has 0 bridgehead atoms. The van der Waals surface area contributed by atoms with Gasteiger partial charge in [0.15, 0.2) is 0 Å². The minimum absolute atomic E-state index is 0.0553. The van der Waals surface area contributed by atoms with Crippen molar-refractivity contribution >= 4 is 17.5 Å². The van der Waals surface area contributed by atoms with Crippen molar-refractivity contribution in [2.45, 2.75) is 32.0 Å². The van der Waals surface area contributed by atoms with Crippen molar-refractivity contribution in [2.24, 2.45) is 5.92 Å². The number of amides is 2. The first-order valence-electron chi connectivity index (χ1n) is 8.62. The van der Waals surface area contributed by atoms with Gasteiger partial charge in [-0.2, -0.15) is 13.2 Å². The van der Waals surface area contributed by atoms with Crippen molar-refractivity contribution in [3.05, 3.63) is 54.6 Å².